The van der Waals surface area contributed by atoms with Crippen molar-refractivity contribution in [3.8, 4) is 12.8 Å². The Morgan fingerprint density at radius 3 is 1.55 bits per heavy atom. The van der Waals surface area contributed by atoms with Gasteiger partial charge in [0.05, 0.1) is 12.4 Å². The molecule has 3 nitrogen and oxygen atoms in total. The molecule has 0 aromatic heterocycles. The van der Waals surface area contributed by atoms with Crippen molar-refractivity contribution < 1.29 is 4.79 Å². The molecule has 1 aliphatic heterocycles. The Balaban J connectivity index is -0.000000111. The van der Waals surface area contributed by atoms with E-state index in [-0.39, 0.29) is 5.78 Å². The maximum atomic E-state index is 11.2. The van der Waals surface area contributed by atoms with Gasteiger partial charge in [-0.25, -0.2) is 0 Å². The molecule has 0 radical (unpaired) electrons. The number of rotatable bonds is 6. The molecule has 0 N–H and O–H groups in total. The highest BCUT2D eigenvalue weighted by Gasteiger charge is 2.13. The van der Waals surface area contributed by atoms with E-state index in [1.54, 1.807) is 0 Å². The van der Waals surface area contributed by atoms with Gasteiger partial charge in [0.25, 0.3) is 0 Å². The molecule has 0 saturated carbocycles. The molecule has 1 heterocycles. The van der Waals surface area contributed by atoms with Gasteiger partial charge in [-0.05, 0) is 18.8 Å². The van der Waals surface area contributed by atoms with Crippen molar-refractivity contribution in [3.05, 3.63) is 36.4 Å². The molecule has 0 spiro atoms. The lowest BCUT2D eigenvalue weighted by molar-refractivity contribution is -0.117. The Morgan fingerprint density at radius 1 is 0.909 bits per heavy atom. The van der Waals surface area contributed by atoms with E-state index in [9.17, 15) is 4.79 Å². The first-order valence-electron chi connectivity index (χ1n) is 13.1. The molecule has 0 atom stereocenters. The van der Waals surface area contributed by atoms with Crippen LogP contribution in [0.1, 0.15) is 108 Å². The zero-order valence-corrected chi connectivity index (χ0v) is 24.2. The Bertz CT molecular complexity index is 464. The molecule has 2 rings (SSSR count). The molecule has 0 amide bonds. The summed E-state index contributed by atoms with van der Waals surface area (Å²) in [5.41, 5.74) is 0. The van der Waals surface area contributed by atoms with Crippen LogP contribution in [0.15, 0.2) is 41.4 Å². The Hall–Kier alpha value is -2.08. The summed E-state index contributed by atoms with van der Waals surface area (Å²) in [4.78, 5) is 17.6. The third-order valence-corrected chi connectivity index (χ3v) is 4.36. The molecule has 0 aliphatic carbocycles. The molecule has 1 saturated heterocycles. The Kier molecular flexibility index (Phi) is 50.3. The Morgan fingerprint density at radius 2 is 1.30 bits per heavy atom. The quantitative estimate of drug-likeness (QED) is 0.395. The minimum atomic E-state index is 0.260. The minimum Gasteiger partial charge on any atom is -0.363 e. The van der Waals surface area contributed by atoms with Gasteiger partial charge < -0.3 is 4.90 Å². The molecule has 1 aliphatic rings. The lowest BCUT2D eigenvalue weighted by atomic mass is 10.1. The first-order chi connectivity index (χ1) is 16.0. The predicted molar refractivity (Wildman–Crippen MR) is 154 cm³/mol. The van der Waals surface area contributed by atoms with Crippen LogP contribution in [0.25, 0.3) is 0 Å². The van der Waals surface area contributed by atoms with E-state index in [1.165, 1.54) is 19.3 Å². The fourth-order valence-electron chi connectivity index (χ4n) is 2.20. The monoisotopic (exact) mass is 462 g/mol. The third-order valence-electron chi connectivity index (χ3n) is 4.36. The molecule has 1 aromatic carbocycles. The van der Waals surface area contributed by atoms with Crippen LogP contribution in [0.2, 0.25) is 0 Å². The fraction of sp³-hybridized carbons (Fsp3) is 0.667. The van der Waals surface area contributed by atoms with Gasteiger partial charge >= 0.3 is 0 Å². The number of hydrogen-bond donors (Lipinski definition) is 0. The normalized spacial score (nSPS) is 11.7. The zero-order valence-electron chi connectivity index (χ0n) is 24.2. The first-order valence-corrected chi connectivity index (χ1v) is 13.1. The standard InChI is InChI=1S/C10H18N2O.C6H6.C6H14.3C2H6.C2H2/c1-3-5-9(13)8-11-10-6-4-7-12(10)2;1-2-4-6-5-3-1;1-4-6(3)5-2;4*1-2/h3-8H2,1-2H3;1-6H;6H,4-5H2,1-3H3;3*1-2H3;1-2H. The maximum Gasteiger partial charge on any atom is 0.154 e. The molecular formula is C30H58N2O. The van der Waals surface area contributed by atoms with Crippen LogP contribution in [0.5, 0.6) is 0 Å². The largest absolute Gasteiger partial charge is 0.363 e. The number of benzene rings is 1. The van der Waals surface area contributed by atoms with Gasteiger partial charge in [-0.1, -0.05) is 118 Å². The van der Waals surface area contributed by atoms with Crippen LogP contribution in [0.3, 0.4) is 0 Å². The van der Waals surface area contributed by atoms with Crippen molar-refractivity contribution >= 4 is 11.6 Å². The van der Waals surface area contributed by atoms with E-state index in [1.807, 2.05) is 91.9 Å². The number of carbonyl (C=O) groups is 1. The average Bonchev–Trinajstić information content (AvgIpc) is 3.33. The summed E-state index contributed by atoms with van der Waals surface area (Å²) in [5, 5.41) is 0. The predicted octanol–water partition coefficient (Wildman–Crippen LogP) is 8.94. The molecule has 3 heteroatoms. The number of terminal acetylenes is 1. The lowest BCUT2D eigenvalue weighted by Gasteiger charge is -2.10. The molecular weight excluding hydrogens is 404 g/mol. The number of Topliss-reactive ketones (excluding diaryl/α,β-unsaturated/α-hetero) is 1. The van der Waals surface area contributed by atoms with Crippen LogP contribution >= 0.6 is 0 Å². The first kappa shape index (κ1) is 41.2. The molecule has 33 heavy (non-hydrogen) atoms. The topological polar surface area (TPSA) is 32.7 Å². The summed E-state index contributed by atoms with van der Waals surface area (Å²) in [6.07, 6.45) is 14.5. The second-order valence-corrected chi connectivity index (χ2v) is 6.62. The van der Waals surface area contributed by atoms with E-state index >= 15 is 0 Å². The van der Waals surface area contributed by atoms with Gasteiger partial charge in [-0.2, -0.15) is 0 Å². The lowest BCUT2D eigenvalue weighted by Crippen LogP contribution is -2.20. The summed E-state index contributed by atoms with van der Waals surface area (Å²) < 4.78 is 0. The summed E-state index contributed by atoms with van der Waals surface area (Å²) in [5.74, 6) is 2.30. The van der Waals surface area contributed by atoms with Crippen LogP contribution in [-0.2, 0) is 4.79 Å². The zero-order chi connectivity index (χ0) is 26.9. The van der Waals surface area contributed by atoms with Gasteiger partial charge in [-0.3, -0.25) is 9.79 Å². The summed E-state index contributed by atoms with van der Waals surface area (Å²) in [6, 6.07) is 12.0. The van der Waals surface area contributed by atoms with Crippen molar-refractivity contribution in [3.63, 3.8) is 0 Å². The maximum absolute atomic E-state index is 11.2. The SMILES string of the molecule is C#C.CC.CC.CC.CCC(C)CC.CCCC(=O)CN=C1CCCN1C.c1ccccc1. The van der Waals surface area contributed by atoms with Crippen molar-refractivity contribution in [1.82, 2.24) is 4.90 Å². The number of carbonyl (C=O) groups excluding carboxylic acids is 1. The number of hydrogen-bond acceptors (Lipinski definition) is 2. The Labute approximate surface area is 209 Å². The highest BCUT2D eigenvalue weighted by atomic mass is 16.1. The average molecular weight is 463 g/mol. The highest BCUT2D eigenvalue weighted by molar-refractivity contribution is 5.88. The fourth-order valence-corrected chi connectivity index (χ4v) is 2.20. The minimum absolute atomic E-state index is 0.260. The summed E-state index contributed by atoms with van der Waals surface area (Å²) in [7, 11) is 2.04. The number of aliphatic imine (C=N–C) groups is 1. The number of amidine groups is 1. The van der Waals surface area contributed by atoms with Crippen molar-refractivity contribution in [1.29, 1.82) is 0 Å². The van der Waals surface area contributed by atoms with Crippen molar-refractivity contribution in [2.24, 2.45) is 10.9 Å². The third kappa shape index (κ3) is 34.7. The van der Waals surface area contributed by atoms with Gasteiger partial charge in [0.15, 0.2) is 5.78 Å². The molecule has 1 fully saturated rings. The van der Waals surface area contributed by atoms with Crippen LogP contribution < -0.4 is 0 Å². The van der Waals surface area contributed by atoms with Crippen molar-refractivity contribution in [2.45, 2.75) is 108 Å². The van der Waals surface area contributed by atoms with E-state index in [4.69, 9.17) is 0 Å². The molecule has 0 unspecified atom stereocenters. The van der Waals surface area contributed by atoms with E-state index in [2.05, 4.69) is 43.5 Å². The van der Waals surface area contributed by atoms with E-state index < -0.39 is 0 Å². The molecule has 1 aromatic rings. The van der Waals surface area contributed by atoms with Gasteiger partial charge in [0, 0.05) is 26.4 Å². The molecule has 0 bridgehead atoms. The molecule has 194 valence electrons. The summed E-state index contributed by atoms with van der Waals surface area (Å²) in [6.45, 7) is 22.2. The van der Waals surface area contributed by atoms with Gasteiger partial charge in [0.1, 0.15) is 0 Å². The van der Waals surface area contributed by atoms with Crippen LogP contribution in [0.4, 0.5) is 0 Å². The van der Waals surface area contributed by atoms with Gasteiger partial charge in [0.2, 0.25) is 0 Å². The summed E-state index contributed by atoms with van der Waals surface area (Å²) >= 11 is 0. The number of ketones is 1. The van der Waals surface area contributed by atoms with Crippen LogP contribution in [0, 0.1) is 18.8 Å². The number of nitrogens with zero attached hydrogens (tertiary/aromatic N) is 2. The van der Waals surface area contributed by atoms with Gasteiger partial charge in [-0.15, -0.1) is 12.8 Å². The van der Waals surface area contributed by atoms with E-state index in [0.717, 1.165) is 31.1 Å². The second-order valence-electron chi connectivity index (χ2n) is 6.62. The highest BCUT2D eigenvalue weighted by Crippen LogP contribution is 2.08. The second kappa shape index (κ2) is 40.3. The smallest absolute Gasteiger partial charge is 0.154 e. The van der Waals surface area contributed by atoms with Crippen LogP contribution in [-0.4, -0.2) is 36.7 Å². The van der Waals surface area contributed by atoms with E-state index in [0.29, 0.717) is 13.0 Å². The number of likely N-dealkylation sites (tertiary alicyclic amines) is 1. The van der Waals surface area contributed by atoms with Crippen molar-refractivity contribution in [2.75, 3.05) is 20.1 Å².